The molecule has 0 heterocycles. The van der Waals surface area contributed by atoms with E-state index in [4.69, 9.17) is 9.47 Å². The normalized spacial score (nSPS) is 10.9. The van der Waals surface area contributed by atoms with E-state index in [1.807, 2.05) is 6.07 Å². The van der Waals surface area contributed by atoms with Gasteiger partial charge >= 0.3 is 6.36 Å². The second-order valence-corrected chi connectivity index (χ2v) is 5.70. The summed E-state index contributed by atoms with van der Waals surface area (Å²) in [7, 11) is 1.48. The molecule has 0 radical (unpaired) electrons. The summed E-state index contributed by atoms with van der Waals surface area (Å²) in [5.74, 6) is -0.0166. The first-order valence-electron chi connectivity index (χ1n) is 8.33. The molecule has 28 heavy (non-hydrogen) atoms. The van der Waals surface area contributed by atoms with Crippen LogP contribution in [-0.2, 0) is 17.8 Å². The van der Waals surface area contributed by atoms with Gasteiger partial charge in [0.05, 0.1) is 7.11 Å². The molecule has 2 aromatic rings. The van der Waals surface area contributed by atoms with Crippen molar-refractivity contribution in [2.45, 2.75) is 19.3 Å². The minimum atomic E-state index is -4.81. The first-order chi connectivity index (χ1) is 13.3. The number of hydrogen-bond acceptors (Lipinski definition) is 4. The van der Waals surface area contributed by atoms with Crippen molar-refractivity contribution in [2.24, 2.45) is 0 Å². The van der Waals surface area contributed by atoms with E-state index in [0.29, 0.717) is 17.9 Å². The van der Waals surface area contributed by atoms with Crippen molar-refractivity contribution in [3.63, 3.8) is 0 Å². The van der Waals surface area contributed by atoms with Gasteiger partial charge in [-0.2, -0.15) is 0 Å². The molecule has 0 spiro atoms. The molecule has 0 aromatic heterocycles. The van der Waals surface area contributed by atoms with Gasteiger partial charge in [0.1, 0.15) is 5.75 Å². The average Bonchev–Trinajstić information content (AvgIpc) is 2.65. The molecule has 0 saturated heterocycles. The van der Waals surface area contributed by atoms with Crippen molar-refractivity contribution in [3.8, 4) is 17.2 Å². The average molecular weight is 395 g/mol. The zero-order valence-electron chi connectivity index (χ0n) is 15.2. The molecule has 0 fully saturated rings. The maximum absolute atomic E-state index is 12.4. The summed E-state index contributed by atoms with van der Waals surface area (Å²) in [6, 6.07) is 10.9. The summed E-state index contributed by atoms with van der Waals surface area (Å²) >= 11 is 0. The van der Waals surface area contributed by atoms with Gasteiger partial charge in [-0.3, -0.25) is 4.79 Å². The van der Waals surface area contributed by atoms with Gasteiger partial charge in [-0.05, 0) is 30.2 Å². The number of rotatable bonds is 9. The van der Waals surface area contributed by atoms with Gasteiger partial charge in [0.2, 0.25) is 0 Å². The number of allylic oxidation sites excluding steroid dienone is 1. The molecule has 0 aliphatic rings. The zero-order chi connectivity index (χ0) is 20.6. The lowest BCUT2D eigenvalue weighted by molar-refractivity contribution is -0.274. The Morgan fingerprint density at radius 3 is 2.57 bits per heavy atom. The van der Waals surface area contributed by atoms with Crippen molar-refractivity contribution < 1.29 is 32.2 Å². The quantitative estimate of drug-likeness (QED) is 0.652. The standard InChI is InChI=1S/C20H20F3NO4/c1-3-6-14-9-10-17(18(11-14)26-2)27-13-19(25)24-12-15-7-4-5-8-16(15)28-20(21,22)23/h3-5,7-11H,1,6,12-13H2,2H3,(H,24,25). The predicted octanol–water partition coefficient (Wildman–Crippen LogP) is 4.02. The van der Waals surface area contributed by atoms with Crippen LogP contribution in [0.4, 0.5) is 13.2 Å². The molecular formula is C20H20F3NO4. The number of alkyl halides is 3. The summed E-state index contributed by atoms with van der Waals surface area (Å²) in [6.45, 7) is 3.21. The van der Waals surface area contributed by atoms with E-state index >= 15 is 0 Å². The third-order valence-electron chi connectivity index (χ3n) is 3.64. The molecule has 1 amide bonds. The van der Waals surface area contributed by atoms with E-state index in [1.54, 1.807) is 24.3 Å². The second-order valence-electron chi connectivity index (χ2n) is 5.70. The number of methoxy groups -OCH3 is 1. The summed E-state index contributed by atoms with van der Waals surface area (Å²) in [5, 5.41) is 2.50. The Labute approximate surface area is 160 Å². The van der Waals surface area contributed by atoms with Crippen LogP contribution in [0.25, 0.3) is 0 Å². The number of ether oxygens (including phenoxy) is 3. The lowest BCUT2D eigenvalue weighted by Crippen LogP contribution is -2.29. The fourth-order valence-electron chi connectivity index (χ4n) is 2.39. The lowest BCUT2D eigenvalue weighted by Gasteiger charge is -2.14. The number of carbonyl (C=O) groups is 1. The SMILES string of the molecule is C=CCc1ccc(OCC(=O)NCc2ccccc2OC(F)(F)F)c(OC)c1. The largest absolute Gasteiger partial charge is 0.573 e. The third kappa shape index (κ3) is 6.53. The molecule has 2 rings (SSSR count). The topological polar surface area (TPSA) is 56.8 Å². The van der Waals surface area contributed by atoms with Crippen LogP contribution in [0.1, 0.15) is 11.1 Å². The van der Waals surface area contributed by atoms with Crippen LogP contribution < -0.4 is 19.5 Å². The zero-order valence-corrected chi connectivity index (χ0v) is 15.2. The molecule has 0 saturated carbocycles. The molecule has 0 atom stereocenters. The van der Waals surface area contributed by atoms with Crippen LogP contribution in [0, 0.1) is 0 Å². The molecule has 0 aliphatic heterocycles. The minimum absolute atomic E-state index is 0.135. The molecule has 150 valence electrons. The maximum atomic E-state index is 12.4. The van der Waals surface area contributed by atoms with E-state index in [1.165, 1.54) is 25.3 Å². The van der Waals surface area contributed by atoms with Crippen molar-refractivity contribution >= 4 is 5.91 Å². The van der Waals surface area contributed by atoms with Crippen LogP contribution in [-0.4, -0.2) is 26.0 Å². The van der Waals surface area contributed by atoms with E-state index in [-0.39, 0.29) is 24.5 Å². The van der Waals surface area contributed by atoms with Crippen LogP contribution in [0.3, 0.4) is 0 Å². The Hall–Kier alpha value is -3.16. The molecule has 0 aliphatic carbocycles. The third-order valence-corrected chi connectivity index (χ3v) is 3.64. The number of amides is 1. The van der Waals surface area contributed by atoms with Crippen LogP contribution in [0.15, 0.2) is 55.1 Å². The molecule has 2 aromatic carbocycles. The summed E-state index contributed by atoms with van der Waals surface area (Å²) in [4.78, 5) is 12.0. The van der Waals surface area contributed by atoms with Gasteiger partial charge in [-0.1, -0.05) is 30.3 Å². The first-order valence-corrected chi connectivity index (χ1v) is 8.33. The highest BCUT2D eigenvalue weighted by Crippen LogP contribution is 2.28. The minimum Gasteiger partial charge on any atom is -0.493 e. The lowest BCUT2D eigenvalue weighted by atomic mass is 10.1. The molecular weight excluding hydrogens is 375 g/mol. The Kier molecular flexibility index (Phi) is 7.31. The molecule has 5 nitrogen and oxygen atoms in total. The number of nitrogens with one attached hydrogen (secondary N) is 1. The molecule has 0 unspecified atom stereocenters. The van der Waals surface area contributed by atoms with Gasteiger partial charge in [0, 0.05) is 12.1 Å². The van der Waals surface area contributed by atoms with Gasteiger partial charge in [0.25, 0.3) is 5.91 Å². The molecule has 8 heteroatoms. The number of para-hydroxylation sites is 1. The van der Waals surface area contributed by atoms with Crippen molar-refractivity contribution in [3.05, 3.63) is 66.2 Å². The van der Waals surface area contributed by atoms with Gasteiger partial charge in [-0.15, -0.1) is 19.8 Å². The second kappa shape index (κ2) is 9.68. The van der Waals surface area contributed by atoms with Gasteiger partial charge < -0.3 is 19.5 Å². The van der Waals surface area contributed by atoms with E-state index in [9.17, 15) is 18.0 Å². The van der Waals surface area contributed by atoms with E-state index in [0.717, 1.165) is 5.56 Å². The Bertz CT molecular complexity index is 821. The highest BCUT2D eigenvalue weighted by atomic mass is 19.4. The summed E-state index contributed by atoms with van der Waals surface area (Å²) in [6.07, 6.45) is -2.39. The van der Waals surface area contributed by atoms with Crippen LogP contribution in [0.5, 0.6) is 17.2 Å². The first kappa shape index (κ1) is 21.1. The number of halogens is 3. The van der Waals surface area contributed by atoms with Crippen LogP contribution in [0.2, 0.25) is 0 Å². The fourth-order valence-corrected chi connectivity index (χ4v) is 2.39. The summed E-state index contributed by atoms with van der Waals surface area (Å²) in [5.41, 5.74) is 1.17. The van der Waals surface area contributed by atoms with Crippen LogP contribution >= 0.6 is 0 Å². The van der Waals surface area contributed by atoms with Gasteiger partial charge in [0.15, 0.2) is 18.1 Å². The predicted molar refractivity (Wildman–Crippen MR) is 97.4 cm³/mol. The Morgan fingerprint density at radius 1 is 1.14 bits per heavy atom. The van der Waals surface area contributed by atoms with Crippen molar-refractivity contribution in [1.29, 1.82) is 0 Å². The monoisotopic (exact) mass is 395 g/mol. The summed E-state index contributed by atoms with van der Waals surface area (Å²) < 4.78 is 51.9. The number of hydrogen-bond donors (Lipinski definition) is 1. The molecule has 0 bridgehead atoms. The highest BCUT2D eigenvalue weighted by Gasteiger charge is 2.31. The van der Waals surface area contributed by atoms with E-state index in [2.05, 4.69) is 16.6 Å². The highest BCUT2D eigenvalue weighted by molar-refractivity contribution is 5.77. The van der Waals surface area contributed by atoms with E-state index < -0.39 is 12.3 Å². The van der Waals surface area contributed by atoms with Crippen molar-refractivity contribution in [2.75, 3.05) is 13.7 Å². The number of benzene rings is 2. The Balaban J connectivity index is 1.93. The molecule has 1 N–H and O–H groups in total. The smallest absolute Gasteiger partial charge is 0.493 e. The number of carbonyl (C=O) groups excluding carboxylic acids is 1. The Morgan fingerprint density at radius 2 is 1.89 bits per heavy atom. The fraction of sp³-hybridized carbons (Fsp3) is 0.250. The maximum Gasteiger partial charge on any atom is 0.573 e. The van der Waals surface area contributed by atoms with Gasteiger partial charge in [-0.25, -0.2) is 0 Å². The van der Waals surface area contributed by atoms with Crippen molar-refractivity contribution in [1.82, 2.24) is 5.32 Å².